The molecule has 0 radical (unpaired) electrons. The minimum atomic E-state index is -0.393. The van der Waals surface area contributed by atoms with Crippen LogP contribution in [0.5, 0.6) is 0 Å². The van der Waals surface area contributed by atoms with Gasteiger partial charge in [0, 0.05) is 44.0 Å². The van der Waals surface area contributed by atoms with E-state index in [4.69, 9.17) is 4.74 Å². The van der Waals surface area contributed by atoms with Crippen molar-refractivity contribution in [3.05, 3.63) is 70.3 Å². The zero-order valence-corrected chi connectivity index (χ0v) is 13.4. The Morgan fingerprint density at radius 2 is 1.92 bits per heavy atom. The van der Waals surface area contributed by atoms with E-state index >= 15 is 0 Å². The summed E-state index contributed by atoms with van der Waals surface area (Å²) in [5.74, 6) is 0. The van der Waals surface area contributed by atoms with Crippen LogP contribution in [0.2, 0.25) is 0 Å². The fourth-order valence-corrected chi connectivity index (χ4v) is 2.82. The molecule has 1 aliphatic heterocycles. The topological polar surface area (TPSA) is 67.6 Å². The normalized spacial score (nSPS) is 18.2. The molecule has 0 aliphatic carbocycles. The molecule has 0 bridgehead atoms. The lowest BCUT2D eigenvalue weighted by Gasteiger charge is -2.33. The molecule has 1 aliphatic rings. The molecule has 1 unspecified atom stereocenters. The maximum absolute atomic E-state index is 10.7. The van der Waals surface area contributed by atoms with E-state index in [-0.39, 0.29) is 11.8 Å². The molecule has 24 heavy (non-hydrogen) atoms. The van der Waals surface area contributed by atoms with Gasteiger partial charge >= 0.3 is 0 Å². The highest BCUT2D eigenvalue weighted by molar-refractivity contribution is 5.48. The summed E-state index contributed by atoms with van der Waals surface area (Å²) in [6, 6.07) is 16.9. The number of ether oxygens (including phenoxy) is 1. The second kappa shape index (κ2) is 7.90. The standard InChI is InChI=1S/C18H21N3O3/c22-21(23)17-8-6-16(7-9-17)19-12-18-14-20(10-11-24-18)13-15-4-2-1-3-5-15/h1-9,18-19H,10-14H2. The highest BCUT2D eigenvalue weighted by Gasteiger charge is 2.20. The van der Waals surface area contributed by atoms with E-state index in [0.717, 1.165) is 31.9 Å². The third-order valence-corrected chi connectivity index (χ3v) is 4.08. The quantitative estimate of drug-likeness (QED) is 0.653. The zero-order valence-electron chi connectivity index (χ0n) is 13.4. The van der Waals surface area contributed by atoms with Gasteiger partial charge in [-0.2, -0.15) is 0 Å². The van der Waals surface area contributed by atoms with Crippen LogP contribution in [-0.2, 0) is 11.3 Å². The van der Waals surface area contributed by atoms with E-state index in [1.165, 1.54) is 17.7 Å². The first-order valence-electron chi connectivity index (χ1n) is 8.07. The van der Waals surface area contributed by atoms with Crippen molar-refractivity contribution in [2.45, 2.75) is 12.6 Å². The van der Waals surface area contributed by atoms with Crippen molar-refractivity contribution in [3.63, 3.8) is 0 Å². The predicted molar refractivity (Wildman–Crippen MR) is 93.0 cm³/mol. The number of nitrogens with one attached hydrogen (secondary N) is 1. The molecule has 0 saturated carbocycles. The fourth-order valence-electron chi connectivity index (χ4n) is 2.82. The summed E-state index contributed by atoms with van der Waals surface area (Å²) in [5.41, 5.74) is 2.27. The van der Waals surface area contributed by atoms with Gasteiger partial charge in [-0.25, -0.2) is 0 Å². The van der Waals surface area contributed by atoms with Gasteiger partial charge in [0.1, 0.15) is 0 Å². The Morgan fingerprint density at radius 3 is 2.62 bits per heavy atom. The molecule has 1 heterocycles. The highest BCUT2D eigenvalue weighted by Crippen LogP contribution is 2.16. The van der Waals surface area contributed by atoms with Crippen LogP contribution in [0.3, 0.4) is 0 Å². The molecule has 0 amide bonds. The summed E-state index contributed by atoms with van der Waals surface area (Å²) >= 11 is 0. The summed E-state index contributed by atoms with van der Waals surface area (Å²) in [6.07, 6.45) is 0.109. The molecule has 1 saturated heterocycles. The monoisotopic (exact) mass is 327 g/mol. The van der Waals surface area contributed by atoms with Crippen LogP contribution in [0.4, 0.5) is 11.4 Å². The second-order valence-corrected chi connectivity index (χ2v) is 5.90. The first kappa shape index (κ1) is 16.4. The molecule has 2 aromatic rings. The van der Waals surface area contributed by atoms with Crippen LogP contribution in [0, 0.1) is 10.1 Å². The molecule has 0 spiro atoms. The maximum atomic E-state index is 10.7. The van der Waals surface area contributed by atoms with E-state index < -0.39 is 4.92 Å². The van der Waals surface area contributed by atoms with Crippen molar-refractivity contribution in [3.8, 4) is 0 Å². The number of benzene rings is 2. The Balaban J connectivity index is 1.49. The maximum Gasteiger partial charge on any atom is 0.269 e. The number of morpholine rings is 1. The number of hydrogen-bond acceptors (Lipinski definition) is 5. The van der Waals surface area contributed by atoms with Gasteiger partial charge in [-0.3, -0.25) is 15.0 Å². The Labute approximate surface area is 141 Å². The number of nitro benzene ring substituents is 1. The van der Waals surface area contributed by atoms with Gasteiger partial charge in [-0.1, -0.05) is 30.3 Å². The average molecular weight is 327 g/mol. The average Bonchev–Trinajstić information content (AvgIpc) is 2.61. The molecular weight excluding hydrogens is 306 g/mol. The van der Waals surface area contributed by atoms with Crippen molar-refractivity contribution >= 4 is 11.4 Å². The number of anilines is 1. The van der Waals surface area contributed by atoms with Crippen molar-refractivity contribution in [2.75, 3.05) is 31.6 Å². The molecule has 6 heteroatoms. The number of hydrogen-bond donors (Lipinski definition) is 1. The van der Waals surface area contributed by atoms with Crippen molar-refractivity contribution in [2.24, 2.45) is 0 Å². The molecule has 0 aromatic heterocycles. The van der Waals surface area contributed by atoms with Gasteiger partial charge in [-0.15, -0.1) is 0 Å². The Morgan fingerprint density at radius 1 is 1.17 bits per heavy atom. The molecule has 1 N–H and O–H groups in total. The van der Waals surface area contributed by atoms with Crippen LogP contribution in [0.25, 0.3) is 0 Å². The van der Waals surface area contributed by atoms with Gasteiger partial charge < -0.3 is 10.1 Å². The molecule has 126 valence electrons. The SMILES string of the molecule is O=[N+]([O-])c1ccc(NCC2CN(Cc3ccccc3)CCO2)cc1. The number of rotatable bonds is 6. The molecule has 3 rings (SSSR count). The molecule has 6 nitrogen and oxygen atoms in total. The smallest absolute Gasteiger partial charge is 0.269 e. The van der Waals surface area contributed by atoms with Crippen molar-refractivity contribution in [1.29, 1.82) is 0 Å². The van der Waals surface area contributed by atoms with Gasteiger partial charge in [-0.05, 0) is 17.7 Å². The number of non-ortho nitro benzene ring substituents is 1. The van der Waals surface area contributed by atoms with Crippen molar-refractivity contribution in [1.82, 2.24) is 4.90 Å². The lowest BCUT2D eigenvalue weighted by molar-refractivity contribution is -0.384. The summed E-state index contributed by atoms with van der Waals surface area (Å²) in [4.78, 5) is 12.7. The minimum Gasteiger partial charge on any atom is -0.382 e. The van der Waals surface area contributed by atoms with Crippen LogP contribution in [0.1, 0.15) is 5.56 Å². The summed E-state index contributed by atoms with van der Waals surface area (Å²) in [7, 11) is 0. The van der Waals surface area contributed by atoms with Gasteiger partial charge in [0.15, 0.2) is 0 Å². The third kappa shape index (κ3) is 4.53. The molecular formula is C18H21N3O3. The van der Waals surface area contributed by atoms with E-state index in [1.807, 2.05) is 6.07 Å². The second-order valence-electron chi connectivity index (χ2n) is 5.90. The van der Waals surface area contributed by atoms with Crippen LogP contribution >= 0.6 is 0 Å². The number of nitro groups is 1. The summed E-state index contributed by atoms with van der Waals surface area (Å²) in [5, 5.41) is 14.0. The Kier molecular flexibility index (Phi) is 5.40. The lowest BCUT2D eigenvalue weighted by Crippen LogP contribution is -2.44. The van der Waals surface area contributed by atoms with E-state index in [1.54, 1.807) is 12.1 Å². The fraction of sp³-hybridized carbons (Fsp3) is 0.333. The van der Waals surface area contributed by atoms with E-state index in [2.05, 4.69) is 34.5 Å². The van der Waals surface area contributed by atoms with Crippen LogP contribution in [-0.4, -0.2) is 42.2 Å². The van der Waals surface area contributed by atoms with Gasteiger partial charge in [0.25, 0.3) is 5.69 Å². The lowest BCUT2D eigenvalue weighted by atomic mass is 10.2. The predicted octanol–water partition coefficient (Wildman–Crippen LogP) is 2.91. The molecule has 2 aromatic carbocycles. The zero-order chi connectivity index (χ0) is 16.8. The number of nitrogens with zero attached hydrogens (tertiary/aromatic N) is 2. The highest BCUT2D eigenvalue weighted by atomic mass is 16.6. The Bertz CT molecular complexity index is 661. The van der Waals surface area contributed by atoms with Gasteiger partial charge in [0.2, 0.25) is 0 Å². The molecule has 1 atom stereocenters. The van der Waals surface area contributed by atoms with Gasteiger partial charge in [0.05, 0.1) is 17.6 Å². The largest absolute Gasteiger partial charge is 0.382 e. The Hall–Kier alpha value is -2.44. The summed E-state index contributed by atoms with van der Waals surface area (Å²) < 4.78 is 5.82. The first-order chi connectivity index (χ1) is 11.7. The minimum absolute atomic E-state index is 0.100. The van der Waals surface area contributed by atoms with Crippen LogP contribution < -0.4 is 5.32 Å². The van der Waals surface area contributed by atoms with E-state index in [9.17, 15) is 10.1 Å². The molecule has 1 fully saturated rings. The third-order valence-electron chi connectivity index (χ3n) is 4.08. The summed E-state index contributed by atoms with van der Waals surface area (Å²) in [6.45, 7) is 4.14. The van der Waals surface area contributed by atoms with Crippen LogP contribution in [0.15, 0.2) is 54.6 Å². The first-order valence-corrected chi connectivity index (χ1v) is 8.07. The van der Waals surface area contributed by atoms with E-state index in [0.29, 0.717) is 6.54 Å². The van der Waals surface area contributed by atoms with Crippen molar-refractivity contribution < 1.29 is 9.66 Å².